The van der Waals surface area contributed by atoms with E-state index in [1.165, 1.54) is 9.75 Å². The number of thiazole rings is 2. The van der Waals surface area contributed by atoms with Crippen LogP contribution < -0.4 is 0 Å². The van der Waals surface area contributed by atoms with Gasteiger partial charge < -0.3 is 0 Å². The normalized spacial score (nSPS) is 11.6. The van der Waals surface area contributed by atoms with E-state index < -0.39 is 0 Å². The van der Waals surface area contributed by atoms with Crippen molar-refractivity contribution in [2.24, 2.45) is 0 Å². The molecular weight excluding hydrogens is 236 g/mol. The van der Waals surface area contributed by atoms with Crippen LogP contribution in [0.25, 0.3) is 10.0 Å². The van der Waals surface area contributed by atoms with Crippen molar-refractivity contribution in [2.45, 2.75) is 39.5 Å². The first-order valence-corrected chi connectivity index (χ1v) is 7.13. The molecule has 2 heterocycles. The predicted molar refractivity (Wildman–Crippen MR) is 71.4 cm³/mol. The Morgan fingerprint density at radius 1 is 0.812 bits per heavy atom. The van der Waals surface area contributed by atoms with E-state index in [1.54, 1.807) is 22.7 Å². The molecule has 0 aromatic carbocycles. The van der Waals surface area contributed by atoms with Gasteiger partial charge in [0.1, 0.15) is 0 Å². The summed E-state index contributed by atoms with van der Waals surface area (Å²) in [6.45, 7) is 8.77. The summed E-state index contributed by atoms with van der Waals surface area (Å²) in [5.74, 6) is 1.10. The molecule has 0 aliphatic heterocycles. The van der Waals surface area contributed by atoms with E-state index in [4.69, 9.17) is 0 Å². The molecule has 0 unspecified atom stereocenters. The molecule has 2 aromatic rings. The summed E-state index contributed by atoms with van der Waals surface area (Å²) in [5, 5.41) is 2.11. The van der Waals surface area contributed by atoms with Crippen LogP contribution >= 0.6 is 22.7 Å². The predicted octanol–water partition coefficient (Wildman–Crippen LogP) is 4.51. The zero-order valence-corrected chi connectivity index (χ0v) is 11.7. The van der Waals surface area contributed by atoms with E-state index in [0.29, 0.717) is 11.8 Å². The average Bonchev–Trinajstić information content (AvgIpc) is 2.86. The molecule has 0 amide bonds. The average molecular weight is 252 g/mol. The Hall–Kier alpha value is -0.740. The minimum atomic E-state index is 0.552. The van der Waals surface area contributed by atoms with Crippen LogP contribution in [0.4, 0.5) is 0 Å². The van der Waals surface area contributed by atoms with Gasteiger partial charge in [-0.1, -0.05) is 27.7 Å². The lowest BCUT2D eigenvalue weighted by molar-refractivity contribution is 0.885. The summed E-state index contributed by atoms with van der Waals surface area (Å²) in [7, 11) is 0. The van der Waals surface area contributed by atoms with Gasteiger partial charge in [-0.2, -0.15) is 0 Å². The van der Waals surface area contributed by atoms with Gasteiger partial charge in [0, 0.05) is 22.1 Å². The highest BCUT2D eigenvalue weighted by Crippen LogP contribution is 2.33. The van der Waals surface area contributed by atoms with Crippen molar-refractivity contribution in [2.75, 3.05) is 0 Å². The molecule has 16 heavy (non-hydrogen) atoms. The molecule has 2 aromatic heterocycles. The third-order valence-corrected chi connectivity index (χ3v) is 5.11. The van der Waals surface area contributed by atoms with Crippen LogP contribution in [0.2, 0.25) is 0 Å². The maximum atomic E-state index is 4.45. The van der Waals surface area contributed by atoms with Gasteiger partial charge in [0.2, 0.25) is 0 Å². The quantitative estimate of drug-likeness (QED) is 0.803. The van der Waals surface area contributed by atoms with Crippen LogP contribution in [0.5, 0.6) is 0 Å². The van der Waals surface area contributed by atoms with Gasteiger partial charge in [-0.3, -0.25) is 0 Å². The Kier molecular flexibility index (Phi) is 3.40. The van der Waals surface area contributed by atoms with E-state index in [2.05, 4.69) is 37.7 Å². The smallest absolute Gasteiger partial charge is 0.152 e. The minimum absolute atomic E-state index is 0.552. The Labute approximate surface area is 104 Å². The first-order valence-electron chi connectivity index (χ1n) is 5.49. The highest BCUT2D eigenvalue weighted by molar-refractivity contribution is 7.21. The molecule has 0 saturated carbocycles. The van der Waals surface area contributed by atoms with Crippen LogP contribution in [0, 0.1) is 0 Å². The molecular formula is C12H16N2S2. The first kappa shape index (κ1) is 11.7. The van der Waals surface area contributed by atoms with Gasteiger partial charge >= 0.3 is 0 Å². The minimum Gasteiger partial charge on any atom is -0.242 e. The maximum Gasteiger partial charge on any atom is 0.152 e. The molecule has 0 fully saturated rings. The van der Waals surface area contributed by atoms with Gasteiger partial charge in [-0.25, -0.2) is 9.97 Å². The molecule has 0 bridgehead atoms. The lowest BCUT2D eigenvalue weighted by Gasteiger charge is -1.96. The van der Waals surface area contributed by atoms with E-state index in [-0.39, 0.29) is 0 Å². The van der Waals surface area contributed by atoms with Crippen LogP contribution in [0.3, 0.4) is 0 Å². The fraction of sp³-hybridized carbons (Fsp3) is 0.500. The van der Waals surface area contributed by atoms with Crippen molar-refractivity contribution >= 4 is 22.7 Å². The van der Waals surface area contributed by atoms with Crippen LogP contribution in [0.15, 0.2) is 12.4 Å². The van der Waals surface area contributed by atoms with Gasteiger partial charge in [-0.15, -0.1) is 22.7 Å². The number of nitrogens with zero attached hydrogens (tertiary/aromatic N) is 2. The summed E-state index contributed by atoms with van der Waals surface area (Å²) in [5.41, 5.74) is 0. The van der Waals surface area contributed by atoms with Crippen molar-refractivity contribution in [3.05, 3.63) is 22.1 Å². The number of hydrogen-bond acceptors (Lipinski definition) is 4. The maximum absolute atomic E-state index is 4.45. The molecule has 2 nitrogen and oxygen atoms in total. The number of aromatic nitrogens is 2. The monoisotopic (exact) mass is 252 g/mol. The van der Waals surface area contributed by atoms with E-state index >= 15 is 0 Å². The lowest BCUT2D eigenvalue weighted by Crippen LogP contribution is -1.77. The van der Waals surface area contributed by atoms with Crippen molar-refractivity contribution in [3.63, 3.8) is 0 Å². The highest BCUT2D eigenvalue weighted by Gasteiger charge is 2.12. The van der Waals surface area contributed by atoms with Crippen LogP contribution in [-0.2, 0) is 0 Å². The van der Waals surface area contributed by atoms with Crippen LogP contribution in [-0.4, -0.2) is 9.97 Å². The molecule has 0 saturated heterocycles. The zero-order chi connectivity index (χ0) is 11.7. The van der Waals surface area contributed by atoms with E-state index in [9.17, 15) is 0 Å². The second kappa shape index (κ2) is 4.63. The lowest BCUT2D eigenvalue weighted by atomic mass is 10.2. The van der Waals surface area contributed by atoms with Crippen molar-refractivity contribution < 1.29 is 0 Å². The largest absolute Gasteiger partial charge is 0.242 e. The molecule has 0 spiro atoms. The second-order valence-electron chi connectivity index (χ2n) is 4.44. The van der Waals surface area contributed by atoms with Crippen molar-refractivity contribution in [3.8, 4) is 10.0 Å². The number of hydrogen-bond donors (Lipinski definition) is 0. The zero-order valence-electron chi connectivity index (χ0n) is 10.0. The first-order chi connectivity index (χ1) is 7.58. The van der Waals surface area contributed by atoms with E-state index in [1.807, 2.05) is 12.4 Å². The fourth-order valence-corrected chi connectivity index (χ4v) is 3.17. The summed E-state index contributed by atoms with van der Waals surface area (Å²) >= 11 is 3.51. The molecule has 0 atom stereocenters. The van der Waals surface area contributed by atoms with Gasteiger partial charge in [0.15, 0.2) is 10.0 Å². The molecule has 0 aliphatic rings. The van der Waals surface area contributed by atoms with Crippen molar-refractivity contribution in [1.82, 2.24) is 9.97 Å². The molecule has 86 valence electrons. The standard InChI is InChI=1S/C12H16N2S2/c1-7(2)9-5-13-11(15-9)12-14-6-10(16-12)8(3)4/h5-8H,1-4H3. The Balaban J connectivity index is 2.28. The summed E-state index contributed by atoms with van der Waals surface area (Å²) in [4.78, 5) is 11.6. The topological polar surface area (TPSA) is 25.8 Å². The third kappa shape index (κ3) is 2.33. The highest BCUT2D eigenvalue weighted by atomic mass is 32.1. The van der Waals surface area contributed by atoms with Gasteiger partial charge in [0.05, 0.1) is 0 Å². The molecule has 0 aliphatic carbocycles. The van der Waals surface area contributed by atoms with Gasteiger partial charge in [-0.05, 0) is 11.8 Å². The third-order valence-electron chi connectivity index (χ3n) is 2.37. The Bertz CT molecular complexity index is 425. The van der Waals surface area contributed by atoms with Crippen LogP contribution in [0.1, 0.15) is 49.3 Å². The Morgan fingerprint density at radius 3 is 1.44 bits per heavy atom. The Morgan fingerprint density at radius 2 is 1.19 bits per heavy atom. The number of rotatable bonds is 3. The van der Waals surface area contributed by atoms with Gasteiger partial charge in [0.25, 0.3) is 0 Å². The summed E-state index contributed by atoms with van der Waals surface area (Å²) < 4.78 is 0. The second-order valence-corrected chi connectivity index (χ2v) is 6.57. The summed E-state index contributed by atoms with van der Waals surface area (Å²) in [6.07, 6.45) is 3.95. The molecule has 4 heteroatoms. The van der Waals surface area contributed by atoms with Crippen molar-refractivity contribution in [1.29, 1.82) is 0 Å². The molecule has 0 radical (unpaired) electrons. The summed E-state index contributed by atoms with van der Waals surface area (Å²) in [6, 6.07) is 0. The molecule has 0 N–H and O–H groups in total. The molecule has 2 rings (SSSR count). The van der Waals surface area contributed by atoms with E-state index in [0.717, 1.165) is 10.0 Å². The SMILES string of the molecule is CC(C)c1cnc(-c2ncc(C(C)C)s2)s1. The fourth-order valence-electron chi connectivity index (χ4n) is 1.30.